The Labute approximate surface area is 138 Å². The van der Waals surface area contributed by atoms with Gasteiger partial charge in [-0.05, 0) is 20.8 Å². The van der Waals surface area contributed by atoms with E-state index in [4.69, 9.17) is 9.15 Å². The highest BCUT2D eigenvalue weighted by molar-refractivity contribution is 5.84. The summed E-state index contributed by atoms with van der Waals surface area (Å²) >= 11 is 0. The standard InChI is InChI=1S/C15H20N4O5/c1-15(2,3)24-13(20)17-5-9-4-10(12-6-16-8-23-12)11-7-18(9)14(21)19(11)22/h4,6,8-9,11,22H,5,7H2,1-3H3,(H,17,20)/t9-,11?/m0/s1. The Morgan fingerprint density at radius 1 is 1.54 bits per heavy atom. The van der Waals surface area contributed by atoms with Gasteiger partial charge in [0, 0.05) is 12.1 Å². The average molecular weight is 336 g/mol. The number of nitrogens with one attached hydrogen (secondary N) is 1. The quantitative estimate of drug-likeness (QED) is 0.809. The van der Waals surface area contributed by atoms with Gasteiger partial charge in [-0.25, -0.2) is 14.6 Å². The number of carbonyl (C=O) groups excluding carboxylic acids is 2. The van der Waals surface area contributed by atoms with Gasteiger partial charge in [-0.15, -0.1) is 0 Å². The maximum absolute atomic E-state index is 12.2. The van der Waals surface area contributed by atoms with E-state index in [2.05, 4.69) is 10.3 Å². The van der Waals surface area contributed by atoms with Crippen LogP contribution in [0.25, 0.3) is 5.57 Å². The van der Waals surface area contributed by atoms with Crippen molar-refractivity contribution in [3.8, 4) is 0 Å². The molecule has 0 radical (unpaired) electrons. The first-order valence-corrected chi connectivity index (χ1v) is 7.62. The Morgan fingerprint density at radius 2 is 2.29 bits per heavy atom. The predicted octanol–water partition coefficient (Wildman–Crippen LogP) is 1.46. The lowest BCUT2D eigenvalue weighted by atomic mass is 9.98. The van der Waals surface area contributed by atoms with Crippen molar-refractivity contribution in [2.45, 2.75) is 38.5 Å². The van der Waals surface area contributed by atoms with Crippen molar-refractivity contribution in [3.63, 3.8) is 0 Å². The summed E-state index contributed by atoms with van der Waals surface area (Å²) in [7, 11) is 0. The van der Waals surface area contributed by atoms with Crippen LogP contribution in [0.15, 0.2) is 23.1 Å². The molecule has 2 N–H and O–H groups in total. The van der Waals surface area contributed by atoms with Crippen molar-refractivity contribution in [3.05, 3.63) is 24.4 Å². The van der Waals surface area contributed by atoms with E-state index >= 15 is 0 Å². The number of hydrogen-bond donors (Lipinski definition) is 2. The highest BCUT2D eigenvalue weighted by Crippen LogP contribution is 2.33. The van der Waals surface area contributed by atoms with Crippen molar-refractivity contribution in [2.24, 2.45) is 0 Å². The Kier molecular flexibility index (Phi) is 3.96. The highest BCUT2D eigenvalue weighted by atomic mass is 16.6. The molecule has 9 heteroatoms. The van der Waals surface area contributed by atoms with Crippen LogP contribution in [0.4, 0.5) is 9.59 Å². The van der Waals surface area contributed by atoms with Crippen LogP contribution in [0.5, 0.6) is 0 Å². The van der Waals surface area contributed by atoms with Crippen molar-refractivity contribution in [2.75, 3.05) is 13.1 Å². The molecule has 1 aromatic rings. The van der Waals surface area contributed by atoms with E-state index in [9.17, 15) is 14.8 Å². The first kappa shape index (κ1) is 16.3. The number of amides is 3. The molecule has 1 saturated heterocycles. The van der Waals surface area contributed by atoms with E-state index in [0.717, 1.165) is 0 Å². The third kappa shape index (κ3) is 3.07. The van der Waals surface area contributed by atoms with Gasteiger partial charge in [0.05, 0.1) is 18.8 Å². The van der Waals surface area contributed by atoms with E-state index in [1.165, 1.54) is 17.5 Å². The molecular weight excluding hydrogens is 316 g/mol. The van der Waals surface area contributed by atoms with Crippen LogP contribution >= 0.6 is 0 Å². The minimum atomic E-state index is -0.603. The van der Waals surface area contributed by atoms with Crippen LogP contribution in [0.1, 0.15) is 26.5 Å². The lowest BCUT2D eigenvalue weighted by Crippen LogP contribution is -2.46. The number of ether oxygens (including phenoxy) is 1. The van der Waals surface area contributed by atoms with Crippen molar-refractivity contribution in [1.29, 1.82) is 0 Å². The lowest BCUT2D eigenvalue weighted by molar-refractivity contribution is -0.0431. The molecule has 1 fully saturated rings. The number of oxazole rings is 1. The third-order valence-electron chi connectivity index (χ3n) is 3.81. The highest BCUT2D eigenvalue weighted by Gasteiger charge is 2.46. The molecule has 1 unspecified atom stereocenters. The van der Waals surface area contributed by atoms with Crippen molar-refractivity contribution < 1.29 is 24.0 Å². The van der Waals surface area contributed by atoms with E-state index in [1.54, 1.807) is 26.8 Å². The summed E-state index contributed by atoms with van der Waals surface area (Å²) in [5.41, 5.74) is 0.0570. The van der Waals surface area contributed by atoms with E-state index in [-0.39, 0.29) is 6.54 Å². The van der Waals surface area contributed by atoms with Crippen molar-refractivity contribution in [1.82, 2.24) is 20.3 Å². The summed E-state index contributed by atoms with van der Waals surface area (Å²) in [5, 5.41) is 13.3. The predicted molar refractivity (Wildman–Crippen MR) is 82.0 cm³/mol. The van der Waals surface area contributed by atoms with Crippen LogP contribution in [-0.2, 0) is 4.74 Å². The molecule has 3 heterocycles. The van der Waals surface area contributed by atoms with Gasteiger partial charge in [-0.1, -0.05) is 6.08 Å². The second kappa shape index (κ2) is 5.82. The second-order valence-corrected chi connectivity index (χ2v) is 6.73. The van der Waals surface area contributed by atoms with Gasteiger partial charge in [0.15, 0.2) is 12.2 Å². The van der Waals surface area contributed by atoms with Gasteiger partial charge in [-0.2, -0.15) is 5.06 Å². The Morgan fingerprint density at radius 3 is 2.92 bits per heavy atom. The largest absolute Gasteiger partial charge is 0.444 e. The van der Waals surface area contributed by atoms with Gasteiger partial charge in [-0.3, -0.25) is 5.21 Å². The number of rotatable bonds is 3. The third-order valence-corrected chi connectivity index (χ3v) is 3.81. The molecule has 0 spiro atoms. The number of hydrogen-bond acceptors (Lipinski definition) is 6. The van der Waals surface area contributed by atoms with Gasteiger partial charge in [0.25, 0.3) is 0 Å². The number of alkyl carbamates (subject to hydrolysis) is 1. The topological polar surface area (TPSA) is 108 Å². The van der Waals surface area contributed by atoms with Crippen LogP contribution in [0.2, 0.25) is 0 Å². The molecule has 3 rings (SSSR count). The maximum Gasteiger partial charge on any atom is 0.407 e. The number of aromatic nitrogens is 1. The average Bonchev–Trinajstić information content (AvgIpc) is 3.10. The van der Waals surface area contributed by atoms with Crippen molar-refractivity contribution >= 4 is 17.7 Å². The van der Waals surface area contributed by atoms with Gasteiger partial charge in [0.2, 0.25) is 0 Å². The monoisotopic (exact) mass is 336 g/mol. The molecule has 130 valence electrons. The van der Waals surface area contributed by atoms with Crippen LogP contribution in [0.3, 0.4) is 0 Å². The molecule has 0 saturated carbocycles. The summed E-state index contributed by atoms with van der Waals surface area (Å²) in [6.07, 6.45) is 4.04. The molecule has 2 atom stereocenters. The van der Waals surface area contributed by atoms with E-state index in [0.29, 0.717) is 22.9 Å². The minimum absolute atomic E-state index is 0.166. The smallest absolute Gasteiger partial charge is 0.407 e. The summed E-state index contributed by atoms with van der Waals surface area (Å²) in [6.45, 7) is 5.79. The molecule has 0 aliphatic carbocycles. The zero-order valence-electron chi connectivity index (χ0n) is 13.7. The minimum Gasteiger partial charge on any atom is -0.444 e. The Balaban J connectivity index is 1.76. The molecule has 24 heavy (non-hydrogen) atoms. The van der Waals surface area contributed by atoms with Crippen LogP contribution in [-0.4, -0.2) is 63.1 Å². The summed E-state index contributed by atoms with van der Waals surface area (Å²) in [5.74, 6) is 0.482. The fourth-order valence-electron chi connectivity index (χ4n) is 2.80. The first-order chi connectivity index (χ1) is 11.3. The van der Waals surface area contributed by atoms with Crippen LogP contribution in [0, 0.1) is 0 Å². The zero-order chi connectivity index (χ0) is 17.5. The molecule has 2 aliphatic heterocycles. The number of fused-ring (bicyclic) bond motifs is 2. The maximum atomic E-state index is 12.2. The second-order valence-electron chi connectivity index (χ2n) is 6.73. The van der Waals surface area contributed by atoms with Crippen LogP contribution < -0.4 is 5.32 Å². The molecular formula is C15H20N4O5. The summed E-state index contributed by atoms with van der Waals surface area (Å²) in [6, 6.07) is -1.44. The van der Waals surface area contributed by atoms with E-state index in [1.807, 2.05) is 0 Å². The molecule has 0 aromatic carbocycles. The Bertz CT molecular complexity index is 664. The summed E-state index contributed by atoms with van der Waals surface area (Å²) in [4.78, 5) is 29.3. The lowest BCUT2D eigenvalue weighted by Gasteiger charge is -2.29. The van der Waals surface area contributed by atoms with Gasteiger partial charge >= 0.3 is 12.1 Å². The fraction of sp³-hybridized carbons (Fsp3) is 0.533. The SMILES string of the molecule is CC(C)(C)OC(=O)NC[C@@H]1C=C(c2cnco2)C2CN1C(=O)N2O. The first-order valence-electron chi connectivity index (χ1n) is 7.62. The molecule has 9 nitrogen and oxygen atoms in total. The molecule has 2 aliphatic rings. The number of hydroxylamine groups is 2. The number of carbonyl (C=O) groups is 2. The number of urea groups is 1. The molecule has 2 bridgehead atoms. The number of nitrogens with zero attached hydrogens (tertiary/aromatic N) is 3. The van der Waals surface area contributed by atoms with E-state index < -0.39 is 29.8 Å². The Hall–Kier alpha value is -2.55. The molecule has 3 amide bonds. The fourth-order valence-corrected chi connectivity index (χ4v) is 2.80. The zero-order valence-corrected chi connectivity index (χ0v) is 13.7. The molecule has 1 aromatic heterocycles. The van der Waals surface area contributed by atoms with Gasteiger partial charge < -0.3 is 19.4 Å². The van der Waals surface area contributed by atoms with Gasteiger partial charge in [0.1, 0.15) is 11.6 Å². The normalized spacial score (nSPS) is 23.3. The summed E-state index contributed by atoms with van der Waals surface area (Å²) < 4.78 is 10.5.